The van der Waals surface area contributed by atoms with Crippen LogP contribution < -0.4 is 0 Å². The molecule has 0 atom stereocenters. The van der Waals surface area contributed by atoms with Crippen molar-refractivity contribution >= 4 is 40.1 Å². The van der Waals surface area contributed by atoms with Gasteiger partial charge in [-0.25, -0.2) is 0 Å². The first-order valence-corrected chi connectivity index (χ1v) is 7.70. The van der Waals surface area contributed by atoms with Gasteiger partial charge in [-0.05, 0) is 53.8 Å². The van der Waals surface area contributed by atoms with Crippen LogP contribution in [-0.2, 0) is 0 Å². The molecule has 0 N–H and O–H groups in total. The van der Waals surface area contributed by atoms with Crippen LogP contribution in [0.3, 0.4) is 0 Å². The number of halogens is 1. The summed E-state index contributed by atoms with van der Waals surface area (Å²) in [4.78, 5) is 13.1. The van der Waals surface area contributed by atoms with Gasteiger partial charge < -0.3 is 0 Å². The van der Waals surface area contributed by atoms with Gasteiger partial charge in [-0.3, -0.25) is 4.79 Å². The topological polar surface area (TPSA) is 17.1 Å². The van der Waals surface area contributed by atoms with E-state index in [1.165, 1.54) is 5.56 Å². The molecule has 1 nitrogen and oxygen atoms in total. The van der Waals surface area contributed by atoms with E-state index in [1.54, 1.807) is 11.8 Å². The molecule has 0 radical (unpaired) electrons. The first kappa shape index (κ1) is 13.6. The van der Waals surface area contributed by atoms with Crippen LogP contribution in [0, 0.1) is 10.5 Å². The fourth-order valence-corrected chi connectivity index (χ4v) is 2.66. The minimum atomic E-state index is 0.178. The van der Waals surface area contributed by atoms with Crippen molar-refractivity contribution in [2.45, 2.75) is 11.8 Å². The SMILES string of the molecule is Cc1ccc(SCC(=O)c2ccc(I)cc2)cc1. The van der Waals surface area contributed by atoms with E-state index in [2.05, 4.69) is 53.8 Å². The summed E-state index contributed by atoms with van der Waals surface area (Å²) in [6.45, 7) is 2.06. The molecule has 0 saturated carbocycles. The smallest absolute Gasteiger partial charge is 0.173 e. The average Bonchev–Trinajstić information content (AvgIpc) is 2.38. The molecule has 0 amide bonds. The second kappa shape index (κ2) is 6.38. The highest BCUT2D eigenvalue weighted by Gasteiger charge is 2.06. The van der Waals surface area contributed by atoms with Gasteiger partial charge in [-0.15, -0.1) is 11.8 Å². The first-order chi connectivity index (χ1) is 8.65. The maximum Gasteiger partial charge on any atom is 0.173 e. The minimum Gasteiger partial charge on any atom is -0.293 e. The highest BCUT2D eigenvalue weighted by atomic mass is 127. The van der Waals surface area contributed by atoms with E-state index in [1.807, 2.05) is 24.3 Å². The zero-order valence-corrected chi connectivity index (χ0v) is 13.0. The third-order valence-electron chi connectivity index (χ3n) is 2.56. The molecule has 0 aliphatic heterocycles. The zero-order valence-electron chi connectivity index (χ0n) is 10.0. The number of carbonyl (C=O) groups is 1. The van der Waals surface area contributed by atoms with E-state index < -0.39 is 0 Å². The summed E-state index contributed by atoms with van der Waals surface area (Å²) in [6.07, 6.45) is 0. The lowest BCUT2D eigenvalue weighted by Gasteiger charge is -2.02. The summed E-state index contributed by atoms with van der Waals surface area (Å²) in [6, 6.07) is 16.0. The van der Waals surface area contributed by atoms with Crippen LogP contribution in [0.1, 0.15) is 15.9 Å². The number of hydrogen-bond acceptors (Lipinski definition) is 2. The van der Waals surface area contributed by atoms with E-state index in [0.29, 0.717) is 5.75 Å². The van der Waals surface area contributed by atoms with Crippen LogP contribution in [0.25, 0.3) is 0 Å². The van der Waals surface area contributed by atoms with Crippen molar-refractivity contribution in [2.24, 2.45) is 0 Å². The summed E-state index contributed by atoms with van der Waals surface area (Å²) >= 11 is 3.82. The summed E-state index contributed by atoms with van der Waals surface area (Å²) in [5.74, 6) is 0.667. The van der Waals surface area contributed by atoms with Gasteiger partial charge in [0, 0.05) is 14.0 Å². The number of rotatable bonds is 4. The summed E-state index contributed by atoms with van der Waals surface area (Å²) in [5, 5.41) is 0. The lowest BCUT2D eigenvalue weighted by molar-refractivity contribution is 0.102. The van der Waals surface area contributed by atoms with Crippen LogP contribution in [0.2, 0.25) is 0 Å². The molecule has 92 valence electrons. The number of thioether (sulfide) groups is 1. The quantitative estimate of drug-likeness (QED) is 0.447. The van der Waals surface area contributed by atoms with E-state index >= 15 is 0 Å². The standard InChI is InChI=1S/C15H13IOS/c1-11-2-8-14(9-3-11)18-10-15(17)12-4-6-13(16)7-5-12/h2-9H,10H2,1H3. The van der Waals surface area contributed by atoms with E-state index in [4.69, 9.17) is 0 Å². The number of ketones is 1. The Morgan fingerprint density at radius 1 is 1.06 bits per heavy atom. The Morgan fingerprint density at radius 2 is 1.67 bits per heavy atom. The van der Waals surface area contributed by atoms with Crippen molar-refractivity contribution in [3.05, 3.63) is 63.2 Å². The van der Waals surface area contributed by atoms with Crippen molar-refractivity contribution in [3.8, 4) is 0 Å². The number of hydrogen-bond donors (Lipinski definition) is 0. The Labute approximate surface area is 125 Å². The number of Topliss-reactive ketones (excluding diaryl/α,β-unsaturated/α-hetero) is 1. The van der Waals surface area contributed by atoms with E-state index in [-0.39, 0.29) is 5.78 Å². The lowest BCUT2D eigenvalue weighted by atomic mass is 10.2. The van der Waals surface area contributed by atoms with Crippen molar-refractivity contribution in [3.63, 3.8) is 0 Å². The zero-order chi connectivity index (χ0) is 13.0. The fraction of sp³-hybridized carbons (Fsp3) is 0.133. The van der Waals surface area contributed by atoms with Gasteiger partial charge in [0.25, 0.3) is 0 Å². The second-order valence-corrected chi connectivity index (χ2v) is 6.33. The third-order valence-corrected chi connectivity index (χ3v) is 4.29. The lowest BCUT2D eigenvalue weighted by Crippen LogP contribution is -2.01. The molecule has 0 aliphatic carbocycles. The van der Waals surface area contributed by atoms with Crippen molar-refractivity contribution in [1.29, 1.82) is 0 Å². The van der Waals surface area contributed by atoms with Crippen LogP contribution >= 0.6 is 34.4 Å². The highest BCUT2D eigenvalue weighted by Crippen LogP contribution is 2.20. The number of carbonyl (C=O) groups excluding carboxylic acids is 1. The highest BCUT2D eigenvalue weighted by molar-refractivity contribution is 14.1. The first-order valence-electron chi connectivity index (χ1n) is 5.63. The number of benzene rings is 2. The molecular weight excluding hydrogens is 355 g/mol. The molecule has 3 heteroatoms. The van der Waals surface area contributed by atoms with Gasteiger partial charge in [-0.1, -0.05) is 29.8 Å². The third kappa shape index (κ3) is 3.85. The molecule has 0 heterocycles. The molecule has 2 aromatic carbocycles. The Balaban J connectivity index is 1.96. The molecule has 0 aliphatic rings. The monoisotopic (exact) mass is 368 g/mol. The minimum absolute atomic E-state index is 0.178. The van der Waals surface area contributed by atoms with Crippen molar-refractivity contribution < 1.29 is 4.79 Å². The molecule has 0 spiro atoms. The molecule has 2 aromatic rings. The Kier molecular flexibility index (Phi) is 4.83. The Hall–Kier alpha value is -0.810. The van der Waals surface area contributed by atoms with E-state index in [9.17, 15) is 4.79 Å². The summed E-state index contributed by atoms with van der Waals surface area (Å²) < 4.78 is 1.15. The maximum absolute atomic E-state index is 12.0. The molecule has 0 saturated heterocycles. The molecule has 0 bridgehead atoms. The van der Waals surface area contributed by atoms with Crippen molar-refractivity contribution in [1.82, 2.24) is 0 Å². The fourth-order valence-electron chi connectivity index (χ4n) is 1.50. The van der Waals surface area contributed by atoms with Crippen molar-refractivity contribution in [2.75, 3.05) is 5.75 Å². The molecule has 2 rings (SSSR count). The van der Waals surface area contributed by atoms with Gasteiger partial charge >= 0.3 is 0 Å². The van der Waals surface area contributed by atoms with Gasteiger partial charge in [0.1, 0.15) is 0 Å². The summed E-state index contributed by atoms with van der Waals surface area (Å²) in [5.41, 5.74) is 2.03. The second-order valence-electron chi connectivity index (χ2n) is 4.03. The van der Waals surface area contributed by atoms with Gasteiger partial charge in [0.05, 0.1) is 5.75 Å². The van der Waals surface area contributed by atoms with Gasteiger partial charge in [0.2, 0.25) is 0 Å². The van der Waals surface area contributed by atoms with Crippen LogP contribution in [0.15, 0.2) is 53.4 Å². The molecular formula is C15H13IOS. The summed E-state index contributed by atoms with van der Waals surface area (Å²) in [7, 11) is 0. The van der Waals surface area contributed by atoms with Crippen LogP contribution in [0.5, 0.6) is 0 Å². The maximum atomic E-state index is 12.0. The largest absolute Gasteiger partial charge is 0.293 e. The molecule has 0 fully saturated rings. The predicted octanol–water partition coefficient (Wildman–Crippen LogP) is 4.57. The molecule has 0 unspecified atom stereocenters. The Bertz CT molecular complexity index is 531. The van der Waals surface area contributed by atoms with Crippen LogP contribution in [-0.4, -0.2) is 11.5 Å². The number of aryl methyl sites for hydroxylation is 1. The van der Waals surface area contributed by atoms with Crippen LogP contribution in [0.4, 0.5) is 0 Å². The predicted molar refractivity (Wildman–Crippen MR) is 85.4 cm³/mol. The normalized spacial score (nSPS) is 10.3. The van der Waals surface area contributed by atoms with E-state index in [0.717, 1.165) is 14.0 Å². The van der Waals surface area contributed by atoms with Gasteiger partial charge in [-0.2, -0.15) is 0 Å². The van der Waals surface area contributed by atoms with Gasteiger partial charge in [0.15, 0.2) is 5.78 Å². The average molecular weight is 368 g/mol. The Morgan fingerprint density at radius 3 is 2.28 bits per heavy atom. The molecule has 18 heavy (non-hydrogen) atoms. The molecule has 0 aromatic heterocycles.